The average molecular weight is 320 g/mol. The van der Waals surface area contributed by atoms with E-state index in [1.807, 2.05) is 0 Å². The largest absolute Gasteiger partial charge is 0.446 e. The van der Waals surface area contributed by atoms with Crippen LogP contribution >= 0.6 is 0 Å². The molecule has 0 N–H and O–H groups in total. The first-order chi connectivity index (χ1) is 10.7. The zero-order valence-electron chi connectivity index (χ0n) is 12.4. The fourth-order valence-electron chi connectivity index (χ4n) is 2.16. The minimum Gasteiger partial charge on any atom is -0.446 e. The highest BCUT2D eigenvalue weighted by atomic mass is 19.4. The lowest BCUT2D eigenvalue weighted by atomic mass is 9.88. The second kappa shape index (κ2) is 6.28. The van der Waals surface area contributed by atoms with Gasteiger partial charge in [-0.3, -0.25) is 0 Å². The van der Waals surface area contributed by atoms with Crippen LogP contribution in [0.4, 0.5) is 13.2 Å². The lowest BCUT2D eigenvalue weighted by Gasteiger charge is -2.31. The topological polar surface area (TPSA) is 26.3 Å². The van der Waals surface area contributed by atoms with E-state index in [4.69, 9.17) is 4.74 Å². The zero-order chi connectivity index (χ0) is 17.1. The second-order valence-corrected chi connectivity index (χ2v) is 5.13. The van der Waals surface area contributed by atoms with Crippen molar-refractivity contribution < 1.29 is 22.7 Å². The highest BCUT2D eigenvalue weighted by Gasteiger charge is 2.42. The van der Waals surface area contributed by atoms with Crippen LogP contribution in [-0.4, -0.2) is 12.1 Å². The Hall–Kier alpha value is -2.56. The van der Waals surface area contributed by atoms with Crippen LogP contribution in [-0.2, 0) is 15.1 Å². The first-order valence-electron chi connectivity index (χ1n) is 6.85. The maximum Gasteiger partial charge on any atom is 0.422 e. The molecule has 0 amide bonds. The van der Waals surface area contributed by atoms with Crippen molar-refractivity contribution in [2.45, 2.75) is 18.7 Å². The van der Waals surface area contributed by atoms with Gasteiger partial charge in [0.2, 0.25) is 0 Å². The third-order valence-electron chi connectivity index (χ3n) is 3.53. The molecule has 2 nitrogen and oxygen atoms in total. The van der Waals surface area contributed by atoms with Crippen LogP contribution in [0.25, 0.3) is 0 Å². The second-order valence-electron chi connectivity index (χ2n) is 5.13. The van der Waals surface area contributed by atoms with Gasteiger partial charge in [0.15, 0.2) is 5.60 Å². The Morgan fingerprint density at radius 1 is 0.913 bits per heavy atom. The monoisotopic (exact) mass is 320 g/mol. The van der Waals surface area contributed by atoms with E-state index in [-0.39, 0.29) is 0 Å². The third kappa shape index (κ3) is 3.62. The number of ether oxygens (including phenoxy) is 1. The van der Waals surface area contributed by atoms with Crippen LogP contribution in [0.1, 0.15) is 18.1 Å². The van der Waals surface area contributed by atoms with E-state index in [1.165, 1.54) is 0 Å². The van der Waals surface area contributed by atoms with E-state index in [0.717, 1.165) is 0 Å². The van der Waals surface area contributed by atoms with Gasteiger partial charge in [-0.05, 0) is 18.1 Å². The Morgan fingerprint density at radius 3 is 1.65 bits per heavy atom. The van der Waals surface area contributed by atoms with Crippen molar-refractivity contribution in [2.24, 2.45) is 0 Å². The van der Waals surface area contributed by atoms with Crippen molar-refractivity contribution in [1.29, 1.82) is 0 Å². The van der Waals surface area contributed by atoms with Crippen LogP contribution in [0.3, 0.4) is 0 Å². The van der Waals surface area contributed by atoms with Crippen molar-refractivity contribution >= 4 is 5.97 Å². The summed E-state index contributed by atoms with van der Waals surface area (Å²) in [6.07, 6.45) is -4.83. The number of alkyl halides is 3. The number of hydrogen-bond donors (Lipinski definition) is 0. The zero-order valence-corrected chi connectivity index (χ0v) is 12.4. The molecule has 0 fully saturated rings. The molecule has 2 aromatic carbocycles. The van der Waals surface area contributed by atoms with Gasteiger partial charge in [0.1, 0.15) is 5.57 Å². The van der Waals surface area contributed by atoms with Crippen LogP contribution in [0.2, 0.25) is 0 Å². The molecule has 5 heteroatoms. The molecule has 0 aliphatic heterocycles. The number of halogens is 3. The number of rotatable bonds is 4. The Bertz CT molecular complexity index is 652. The van der Waals surface area contributed by atoms with E-state index in [2.05, 4.69) is 6.58 Å². The van der Waals surface area contributed by atoms with Crippen molar-refractivity contribution in [2.75, 3.05) is 0 Å². The lowest BCUT2D eigenvalue weighted by Crippen LogP contribution is -2.33. The quantitative estimate of drug-likeness (QED) is 0.607. The average Bonchev–Trinajstić information content (AvgIpc) is 2.54. The Labute approximate surface area is 132 Å². The Morgan fingerprint density at radius 2 is 1.30 bits per heavy atom. The fourth-order valence-corrected chi connectivity index (χ4v) is 2.16. The van der Waals surface area contributed by atoms with E-state index >= 15 is 0 Å². The minimum atomic E-state index is -4.83. The molecule has 0 atom stereocenters. The minimum absolute atomic E-state index is 0.564. The van der Waals surface area contributed by atoms with Crippen molar-refractivity contribution in [3.8, 4) is 0 Å². The molecule has 0 aliphatic rings. The molecule has 0 bridgehead atoms. The highest BCUT2D eigenvalue weighted by Crippen LogP contribution is 2.35. The van der Waals surface area contributed by atoms with Gasteiger partial charge in [-0.25, -0.2) is 4.79 Å². The van der Waals surface area contributed by atoms with Gasteiger partial charge in [-0.2, -0.15) is 13.2 Å². The maximum atomic E-state index is 12.7. The summed E-state index contributed by atoms with van der Waals surface area (Å²) in [6, 6.07) is 17.2. The molecule has 0 spiro atoms. The van der Waals surface area contributed by atoms with Crippen LogP contribution in [0.15, 0.2) is 72.8 Å². The first kappa shape index (κ1) is 16.8. The number of carbonyl (C=O) groups is 1. The van der Waals surface area contributed by atoms with Crippen LogP contribution in [0, 0.1) is 0 Å². The van der Waals surface area contributed by atoms with E-state index in [9.17, 15) is 18.0 Å². The number of esters is 1. The molecule has 0 saturated heterocycles. The number of benzene rings is 2. The molecule has 0 saturated carbocycles. The summed E-state index contributed by atoms with van der Waals surface area (Å²) >= 11 is 0. The molecule has 0 radical (unpaired) electrons. The number of hydrogen-bond acceptors (Lipinski definition) is 2. The van der Waals surface area contributed by atoms with Crippen molar-refractivity contribution in [1.82, 2.24) is 0 Å². The Balaban J connectivity index is 2.44. The standard InChI is InChI=1S/C18H15F3O2/c1-13(18(19,20)21)16(22)23-17(2,14-9-5-3-6-10-14)15-11-7-4-8-12-15/h3-12H,1H2,2H3. The molecule has 2 aromatic rings. The predicted molar refractivity (Wildman–Crippen MR) is 80.6 cm³/mol. The summed E-state index contributed by atoms with van der Waals surface area (Å²) in [7, 11) is 0. The number of carbonyl (C=O) groups excluding carboxylic acids is 1. The smallest absolute Gasteiger partial charge is 0.422 e. The molecule has 0 heterocycles. The van der Waals surface area contributed by atoms with E-state index < -0.39 is 23.3 Å². The van der Waals surface area contributed by atoms with E-state index in [0.29, 0.717) is 11.1 Å². The van der Waals surface area contributed by atoms with Gasteiger partial charge in [0, 0.05) is 0 Å². The summed E-state index contributed by atoms with van der Waals surface area (Å²) in [5.41, 5.74) is -1.76. The third-order valence-corrected chi connectivity index (χ3v) is 3.53. The lowest BCUT2D eigenvalue weighted by molar-refractivity contribution is -0.161. The van der Waals surface area contributed by atoms with Crippen molar-refractivity contribution in [3.05, 3.63) is 83.9 Å². The molecular formula is C18H15F3O2. The summed E-state index contributed by atoms with van der Waals surface area (Å²) in [5, 5.41) is 0. The SMILES string of the molecule is C=C(C(=O)OC(C)(c1ccccc1)c1ccccc1)C(F)(F)F. The summed E-state index contributed by atoms with van der Waals surface area (Å²) in [4.78, 5) is 11.9. The normalized spacial score (nSPS) is 11.8. The molecule has 2 rings (SSSR count). The van der Waals surface area contributed by atoms with Crippen LogP contribution < -0.4 is 0 Å². The summed E-state index contributed by atoms with van der Waals surface area (Å²) < 4.78 is 43.3. The molecule has 120 valence electrons. The maximum absolute atomic E-state index is 12.7. The van der Waals surface area contributed by atoms with E-state index in [1.54, 1.807) is 67.6 Å². The molecule has 0 aliphatic carbocycles. The van der Waals surface area contributed by atoms with Gasteiger partial charge in [-0.15, -0.1) is 0 Å². The summed E-state index contributed by atoms with van der Waals surface area (Å²) in [6.45, 7) is 4.35. The van der Waals surface area contributed by atoms with Gasteiger partial charge < -0.3 is 4.74 Å². The fraction of sp³-hybridized carbons (Fsp3) is 0.167. The van der Waals surface area contributed by atoms with Gasteiger partial charge in [0.05, 0.1) is 0 Å². The van der Waals surface area contributed by atoms with Gasteiger partial charge >= 0.3 is 12.1 Å². The molecule has 0 unspecified atom stereocenters. The van der Waals surface area contributed by atoms with Gasteiger partial charge in [-0.1, -0.05) is 67.2 Å². The predicted octanol–water partition coefficient (Wildman–Crippen LogP) is 4.61. The Kier molecular flexibility index (Phi) is 4.59. The molecule has 23 heavy (non-hydrogen) atoms. The molecule has 0 aromatic heterocycles. The molecular weight excluding hydrogens is 305 g/mol. The van der Waals surface area contributed by atoms with Gasteiger partial charge in [0.25, 0.3) is 0 Å². The van der Waals surface area contributed by atoms with Crippen LogP contribution in [0.5, 0.6) is 0 Å². The van der Waals surface area contributed by atoms with Crippen molar-refractivity contribution in [3.63, 3.8) is 0 Å². The summed E-state index contributed by atoms with van der Waals surface area (Å²) in [5.74, 6) is -1.49. The highest BCUT2D eigenvalue weighted by molar-refractivity contribution is 5.89. The first-order valence-corrected chi connectivity index (χ1v) is 6.85.